The number of hydrogen-bond donors (Lipinski definition) is 1. The lowest BCUT2D eigenvalue weighted by atomic mass is 10.1. The first kappa shape index (κ1) is 19.9. The monoisotopic (exact) mass is 406 g/mol. The third-order valence-electron chi connectivity index (χ3n) is 4.23. The van der Waals surface area contributed by atoms with E-state index < -0.39 is 10.0 Å². The summed E-state index contributed by atoms with van der Waals surface area (Å²) < 4.78 is 32.1. The maximum absolute atomic E-state index is 12.7. The quantitative estimate of drug-likeness (QED) is 0.798. The molecule has 1 heterocycles. The first-order valence-electron chi connectivity index (χ1n) is 8.58. The van der Waals surface area contributed by atoms with Gasteiger partial charge in [-0.15, -0.1) is 0 Å². The second kappa shape index (κ2) is 8.88. The Bertz CT molecular complexity index is 892. The molecule has 0 aromatic heterocycles. The lowest BCUT2D eigenvalue weighted by Gasteiger charge is -2.26. The summed E-state index contributed by atoms with van der Waals surface area (Å²) in [6, 6.07) is 13.7. The Hall–Kier alpha value is -1.87. The van der Waals surface area contributed by atoms with Crippen molar-refractivity contribution >= 4 is 33.4 Å². The van der Waals surface area contributed by atoms with E-state index in [-0.39, 0.29) is 10.8 Å². The predicted octanol–water partition coefficient (Wildman–Crippen LogP) is 2.82. The molecule has 2 aromatic rings. The van der Waals surface area contributed by atoms with E-state index in [0.717, 1.165) is 11.3 Å². The molecule has 1 amide bonds. The molecule has 1 N–H and O–H groups in total. The fourth-order valence-electron chi connectivity index (χ4n) is 2.79. The van der Waals surface area contributed by atoms with Crippen molar-refractivity contribution < 1.29 is 17.9 Å². The lowest BCUT2D eigenvalue weighted by molar-refractivity contribution is 0.0730. The summed E-state index contributed by atoms with van der Waals surface area (Å²) in [6.07, 6.45) is 2.03. The van der Waals surface area contributed by atoms with E-state index in [9.17, 15) is 13.2 Å². The Balaban J connectivity index is 1.74. The van der Waals surface area contributed by atoms with Gasteiger partial charge in [0.25, 0.3) is 5.91 Å². The molecular weight excluding hydrogens is 384 g/mol. The molecule has 0 aliphatic carbocycles. The average Bonchev–Trinajstić information content (AvgIpc) is 2.69. The highest BCUT2D eigenvalue weighted by Crippen LogP contribution is 2.21. The van der Waals surface area contributed by atoms with Gasteiger partial charge in [0.1, 0.15) is 0 Å². The topological polar surface area (TPSA) is 75.7 Å². The third-order valence-corrected chi connectivity index (χ3v) is 6.74. The zero-order valence-electron chi connectivity index (χ0n) is 15.1. The van der Waals surface area contributed by atoms with Crippen LogP contribution < -0.4 is 5.32 Å². The van der Waals surface area contributed by atoms with E-state index in [2.05, 4.69) is 5.32 Å². The minimum absolute atomic E-state index is 0.164. The molecule has 1 fully saturated rings. The van der Waals surface area contributed by atoms with E-state index in [1.54, 1.807) is 36.0 Å². The van der Waals surface area contributed by atoms with Crippen molar-refractivity contribution in [2.75, 3.05) is 37.9 Å². The van der Waals surface area contributed by atoms with Gasteiger partial charge in [-0.2, -0.15) is 16.1 Å². The molecule has 144 valence electrons. The van der Waals surface area contributed by atoms with Crippen molar-refractivity contribution in [1.82, 2.24) is 4.31 Å². The molecule has 0 unspecified atom stereocenters. The van der Waals surface area contributed by atoms with Crippen LogP contribution in [0.1, 0.15) is 15.9 Å². The van der Waals surface area contributed by atoms with Crippen LogP contribution in [0.4, 0.5) is 5.69 Å². The van der Waals surface area contributed by atoms with Crippen LogP contribution in [0, 0.1) is 0 Å². The van der Waals surface area contributed by atoms with Gasteiger partial charge < -0.3 is 10.1 Å². The molecule has 3 rings (SSSR count). The number of hydrogen-bond acceptors (Lipinski definition) is 5. The fraction of sp³-hybridized carbons (Fsp3) is 0.316. The van der Waals surface area contributed by atoms with E-state index in [4.69, 9.17) is 4.74 Å². The number of anilines is 1. The third kappa shape index (κ3) is 4.90. The highest BCUT2D eigenvalue weighted by Gasteiger charge is 2.26. The van der Waals surface area contributed by atoms with Crippen molar-refractivity contribution in [3.8, 4) is 0 Å². The van der Waals surface area contributed by atoms with Gasteiger partial charge in [0.05, 0.1) is 18.1 Å². The molecule has 0 atom stereocenters. The number of thioether (sulfide) groups is 1. The van der Waals surface area contributed by atoms with Gasteiger partial charge in [-0.3, -0.25) is 4.79 Å². The van der Waals surface area contributed by atoms with Gasteiger partial charge in [0.2, 0.25) is 10.0 Å². The van der Waals surface area contributed by atoms with Crippen molar-refractivity contribution in [2.45, 2.75) is 10.6 Å². The Labute approximate surface area is 164 Å². The standard InChI is InChI=1S/C19H22N2O4S2/c1-26-14-15-5-7-16(8-6-15)19(22)20-17-3-2-4-18(13-17)27(23,24)21-9-11-25-12-10-21/h2-8,13H,9-12,14H2,1H3,(H,20,22). The average molecular weight is 407 g/mol. The number of morpholine rings is 1. The van der Waals surface area contributed by atoms with Crippen LogP contribution in [0.5, 0.6) is 0 Å². The van der Waals surface area contributed by atoms with Crippen LogP contribution in [-0.4, -0.2) is 51.2 Å². The molecule has 0 spiro atoms. The summed E-state index contributed by atoms with van der Waals surface area (Å²) >= 11 is 1.72. The van der Waals surface area contributed by atoms with E-state index in [1.807, 2.05) is 18.4 Å². The predicted molar refractivity (Wildman–Crippen MR) is 108 cm³/mol. The highest BCUT2D eigenvalue weighted by atomic mass is 32.2. The van der Waals surface area contributed by atoms with Gasteiger partial charge in [0, 0.05) is 30.1 Å². The minimum Gasteiger partial charge on any atom is -0.379 e. The number of nitrogens with zero attached hydrogens (tertiary/aromatic N) is 1. The largest absolute Gasteiger partial charge is 0.379 e. The van der Waals surface area contributed by atoms with Crippen molar-refractivity contribution in [3.63, 3.8) is 0 Å². The van der Waals surface area contributed by atoms with Gasteiger partial charge in [-0.1, -0.05) is 18.2 Å². The number of benzene rings is 2. The summed E-state index contributed by atoms with van der Waals surface area (Å²) in [5, 5.41) is 2.77. The smallest absolute Gasteiger partial charge is 0.255 e. The zero-order chi connectivity index (χ0) is 19.3. The second-order valence-corrected chi connectivity index (χ2v) is 8.93. The molecule has 1 aliphatic rings. The number of sulfonamides is 1. The molecule has 2 aromatic carbocycles. The Kier molecular flexibility index (Phi) is 6.54. The van der Waals surface area contributed by atoms with Crippen molar-refractivity contribution in [3.05, 3.63) is 59.7 Å². The van der Waals surface area contributed by atoms with Crippen molar-refractivity contribution in [2.24, 2.45) is 0 Å². The summed E-state index contributed by atoms with van der Waals surface area (Å²) in [5.74, 6) is 0.621. The maximum atomic E-state index is 12.7. The number of nitrogens with one attached hydrogen (secondary N) is 1. The summed E-state index contributed by atoms with van der Waals surface area (Å²) in [5.41, 5.74) is 2.13. The van der Waals surface area contributed by atoms with Gasteiger partial charge in [0.15, 0.2) is 0 Å². The Morgan fingerprint density at radius 2 is 1.85 bits per heavy atom. The minimum atomic E-state index is -3.60. The van der Waals surface area contributed by atoms with Gasteiger partial charge in [-0.25, -0.2) is 8.42 Å². The molecule has 1 saturated heterocycles. The van der Waals surface area contributed by atoms with E-state index >= 15 is 0 Å². The molecule has 27 heavy (non-hydrogen) atoms. The normalized spacial score (nSPS) is 15.4. The number of carbonyl (C=O) groups is 1. The number of amides is 1. The maximum Gasteiger partial charge on any atom is 0.255 e. The Morgan fingerprint density at radius 3 is 2.52 bits per heavy atom. The lowest BCUT2D eigenvalue weighted by Crippen LogP contribution is -2.40. The number of carbonyl (C=O) groups excluding carboxylic acids is 1. The molecule has 0 radical (unpaired) electrons. The first-order valence-corrected chi connectivity index (χ1v) is 11.4. The zero-order valence-corrected chi connectivity index (χ0v) is 16.7. The number of rotatable bonds is 6. The van der Waals surface area contributed by atoms with Crippen LogP contribution in [0.2, 0.25) is 0 Å². The Morgan fingerprint density at radius 1 is 1.15 bits per heavy atom. The summed E-state index contributed by atoms with van der Waals surface area (Å²) in [6.45, 7) is 1.45. The number of ether oxygens (including phenoxy) is 1. The molecule has 1 aliphatic heterocycles. The molecule has 0 bridgehead atoms. The van der Waals surface area contributed by atoms with Crippen LogP contribution in [0.25, 0.3) is 0 Å². The first-order chi connectivity index (χ1) is 13.0. The van der Waals surface area contributed by atoms with Crippen LogP contribution in [0.3, 0.4) is 0 Å². The molecule has 8 heteroatoms. The highest BCUT2D eigenvalue weighted by molar-refractivity contribution is 7.97. The summed E-state index contributed by atoms with van der Waals surface area (Å²) in [7, 11) is -3.60. The van der Waals surface area contributed by atoms with Gasteiger partial charge in [-0.05, 0) is 42.2 Å². The van der Waals surface area contributed by atoms with Crippen molar-refractivity contribution in [1.29, 1.82) is 0 Å². The second-order valence-electron chi connectivity index (χ2n) is 6.13. The molecule has 0 saturated carbocycles. The van der Waals surface area contributed by atoms with Crippen LogP contribution in [0.15, 0.2) is 53.4 Å². The van der Waals surface area contributed by atoms with Crippen LogP contribution >= 0.6 is 11.8 Å². The van der Waals surface area contributed by atoms with E-state index in [0.29, 0.717) is 37.6 Å². The van der Waals surface area contributed by atoms with Crippen LogP contribution in [-0.2, 0) is 20.5 Å². The summed E-state index contributed by atoms with van der Waals surface area (Å²) in [4.78, 5) is 12.6. The fourth-order valence-corrected chi connectivity index (χ4v) is 4.77. The van der Waals surface area contributed by atoms with Gasteiger partial charge >= 0.3 is 0 Å². The molecule has 6 nitrogen and oxygen atoms in total. The van der Waals surface area contributed by atoms with E-state index in [1.165, 1.54) is 16.4 Å². The SMILES string of the molecule is CSCc1ccc(C(=O)Nc2cccc(S(=O)(=O)N3CCOCC3)c2)cc1. The molecular formula is C19H22N2O4S2.